The summed E-state index contributed by atoms with van der Waals surface area (Å²) >= 11 is 0. The maximum absolute atomic E-state index is 11.4. The van der Waals surface area contributed by atoms with E-state index in [2.05, 4.69) is 24.3 Å². The maximum Gasteiger partial charge on any atom is 0.254 e. The van der Waals surface area contributed by atoms with Crippen LogP contribution in [-0.2, 0) is 7.05 Å². The van der Waals surface area contributed by atoms with Crippen LogP contribution in [-0.4, -0.2) is 28.3 Å². The monoisotopic (exact) mass is 239 g/mol. The minimum Gasteiger partial charge on any atom is -0.365 e. The first kappa shape index (κ1) is 13.5. The van der Waals surface area contributed by atoms with Gasteiger partial charge in [0.15, 0.2) is 0 Å². The number of anilines is 1. The molecule has 0 bridgehead atoms. The van der Waals surface area contributed by atoms with E-state index in [0.29, 0.717) is 29.5 Å². The third kappa shape index (κ3) is 2.76. The van der Waals surface area contributed by atoms with Gasteiger partial charge in [0, 0.05) is 19.6 Å². The van der Waals surface area contributed by atoms with Crippen molar-refractivity contribution in [2.24, 2.45) is 24.4 Å². The van der Waals surface area contributed by atoms with Crippen LogP contribution in [0.1, 0.15) is 29.9 Å². The SMILES string of the molecule is Cc1nn(C)c(NC(CN)C(C)C)c1C(N)=O. The largest absolute Gasteiger partial charge is 0.365 e. The summed E-state index contributed by atoms with van der Waals surface area (Å²) in [5, 5.41) is 7.43. The molecule has 96 valence electrons. The first-order valence-corrected chi connectivity index (χ1v) is 5.68. The van der Waals surface area contributed by atoms with Gasteiger partial charge in [-0.15, -0.1) is 0 Å². The number of nitrogens with zero attached hydrogens (tertiary/aromatic N) is 2. The minimum atomic E-state index is -0.474. The number of hydrogen-bond donors (Lipinski definition) is 3. The van der Waals surface area contributed by atoms with Gasteiger partial charge in [-0.1, -0.05) is 13.8 Å². The summed E-state index contributed by atoms with van der Waals surface area (Å²) in [4.78, 5) is 11.4. The Bertz CT molecular complexity index is 410. The lowest BCUT2D eigenvalue weighted by molar-refractivity contribution is 0.100. The molecule has 0 aromatic carbocycles. The summed E-state index contributed by atoms with van der Waals surface area (Å²) in [5.41, 5.74) is 12.1. The Labute approximate surface area is 101 Å². The smallest absolute Gasteiger partial charge is 0.254 e. The van der Waals surface area contributed by atoms with E-state index in [1.54, 1.807) is 18.7 Å². The fraction of sp³-hybridized carbons (Fsp3) is 0.636. The van der Waals surface area contributed by atoms with Crippen molar-refractivity contribution < 1.29 is 4.79 Å². The van der Waals surface area contributed by atoms with E-state index in [4.69, 9.17) is 11.5 Å². The van der Waals surface area contributed by atoms with E-state index in [1.807, 2.05) is 0 Å². The number of nitrogens with one attached hydrogen (secondary N) is 1. The lowest BCUT2D eigenvalue weighted by Crippen LogP contribution is -2.35. The van der Waals surface area contributed by atoms with Gasteiger partial charge in [0.2, 0.25) is 0 Å². The van der Waals surface area contributed by atoms with Crippen molar-refractivity contribution in [1.29, 1.82) is 0 Å². The minimum absolute atomic E-state index is 0.0860. The van der Waals surface area contributed by atoms with Crippen LogP contribution in [0.5, 0.6) is 0 Å². The van der Waals surface area contributed by atoms with Crippen LogP contribution < -0.4 is 16.8 Å². The van der Waals surface area contributed by atoms with Crippen molar-refractivity contribution in [2.75, 3.05) is 11.9 Å². The summed E-state index contributed by atoms with van der Waals surface area (Å²) in [5.74, 6) is 0.521. The summed E-state index contributed by atoms with van der Waals surface area (Å²) in [6.07, 6.45) is 0. The number of carbonyl (C=O) groups excluding carboxylic acids is 1. The lowest BCUT2D eigenvalue weighted by atomic mass is 10.0. The highest BCUT2D eigenvalue weighted by Crippen LogP contribution is 2.20. The van der Waals surface area contributed by atoms with E-state index in [-0.39, 0.29) is 6.04 Å². The molecule has 1 aromatic rings. The molecule has 6 nitrogen and oxygen atoms in total. The van der Waals surface area contributed by atoms with Crippen molar-refractivity contribution in [3.63, 3.8) is 0 Å². The molecule has 1 amide bonds. The zero-order valence-electron chi connectivity index (χ0n) is 10.8. The van der Waals surface area contributed by atoms with Crippen LogP contribution in [0.4, 0.5) is 5.82 Å². The quantitative estimate of drug-likeness (QED) is 0.684. The molecule has 1 atom stereocenters. The van der Waals surface area contributed by atoms with Gasteiger partial charge in [-0.3, -0.25) is 9.48 Å². The first-order chi connectivity index (χ1) is 7.88. The van der Waals surface area contributed by atoms with E-state index < -0.39 is 5.91 Å². The fourth-order valence-corrected chi connectivity index (χ4v) is 1.79. The van der Waals surface area contributed by atoms with Gasteiger partial charge in [0.1, 0.15) is 11.4 Å². The van der Waals surface area contributed by atoms with Crippen LogP contribution in [0.2, 0.25) is 0 Å². The van der Waals surface area contributed by atoms with Gasteiger partial charge in [-0.2, -0.15) is 5.10 Å². The first-order valence-electron chi connectivity index (χ1n) is 5.68. The molecule has 5 N–H and O–H groups in total. The van der Waals surface area contributed by atoms with Crippen LogP contribution in [0.15, 0.2) is 0 Å². The molecule has 0 saturated heterocycles. The second kappa shape index (κ2) is 5.18. The fourth-order valence-electron chi connectivity index (χ4n) is 1.79. The zero-order valence-corrected chi connectivity index (χ0v) is 10.8. The van der Waals surface area contributed by atoms with E-state index in [9.17, 15) is 4.79 Å². The summed E-state index contributed by atoms with van der Waals surface area (Å²) in [6, 6.07) is 0.0860. The number of aryl methyl sites for hydroxylation is 2. The molecule has 0 spiro atoms. The van der Waals surface area contributed by atoms with Gasteiger partial charge in [-0.05, 0) is 12.8 Å². The number of amides is 1. The zero-order chi connectivity index (χ0) is 13.2. The van der Waals surface area contributed by atoms with Gasteiger partial charge >= 0.3 is 0 Å². The predicted octanol–water partition coefficient (Wildman–Crippen LogP) is 0.223. The Morgan fingerprint density at radius 3 is 2.53 bits per heavy atom. The highest BCUT2D eigenvalue weighted by Gasteiger charge is 2.21. The van der Waals surface area contributed by atoms with E-state index in [1.165, 1.54) is 0 Å². The molecular weight excluding hydrogens is 218 g/mol. The standard InChI is InChI=1S/C11H21N5O/c1-6(2)8(5-12)14-11-9(10(13)17)7(3)15-16(11)4/h6,8,14H,5,12H2,1-4H3,(H2,13,17). The third-order valence-corrected chi connectivity index (χ3v) is 2.85. The Balaban J connectivity index is 3.09. The lowest BCUT2D eigenvalue weighted by Gasteiger charge is -2.22. The van der Waals surface area contributed by atoms with Crippen LogP contribution in [0, 0.1) is 12.8 Å². The van der Waals surface area contributed by atoms with Gasteiger partial charge in [-0.25, -0.2) is 0 Å². The second-order valence-electron chi connectivity index (χ2n) is 4.53. The molecule has 1 aromatic heterocycles. The van der Waals surface area contributed by atoms with Crippen molar-refractivity contribution in [2.45, 2.75) is 26.8 Å². The molecule has 6 heteroatoms. The number of rotatable bonds is 5. The van der Waals surface area contributed by atoms with Gasteiger partial charge in [0.25, 0.3) is 5.91 Å². The van der Waals surface area contributed by atoms with Crippen molar-refractivity contribution in [3.05, 3.63) is 11.3 Å². The number of aromatic nitrogens is 2. The Morgan fingerprint density at radius 1 is 1.53 bits per heavy atom. The second-order valence-corrected chi connectivity index (χ2v) is 4.53. The molecule has 0 saturated carbocycles. The average Bonchev–Trinajstić information content (AvgIpc) is 2.49. The highest BCUT2D eigenvalue weighted by atomic mass is 16.1. The van der Waals surface area contributed by atoms with Crippen LogP contribution in [0.3, 0.4) is 0 Å². The molecular formula is C11H21N5O. The van der Waals surface area contributed by atoms with E-state index in [0.717, 1.165) is 0 Å². The number of carbonyl (C=O) groups is 1. The Hall–Kier alpha value is -1.56. The predicted molar refractivity (Wildman–Crippen MR) is 67.8 cm³/mol. The molecule has 1 heterocycles. The van der Waals surface area contributed by atoms with Gasteiger partial charge in [0.05, 0.1) is 5.69 Å². The molecule has 0 aliphatic rings. The molecule has 1 unspecified atom stereocenters. The Morgan fingerprint density at radius 2 is 2.12 bits per heavy atom. The molecule has 17 heavy (non-hydrogen) atoms. The summed E-state index contributed by atoms with van der Waals surface area (Å²) < 4.78 is 1.63. The van der Waals surface area contributed by atoms with Gasteiger partial charge < -0.3 is 16.8 Å². The molecule has 0 aliphatic carbocycles. The number of hydrogen-bond acceptors (Lipinski definition) is 4. The summed E-state index contributed by atoms with van der Waals surface area (Å²) in [7, 11) is 1.77. The number of nitrogens with two attached hydrogens (primary N) is 2. The average molecular weight is 239 g/mol. The molecule has 0 radical (unpaired) electrons. The van der Waals surface area contributed by atoms with E-state index >= 15 is 0 Å². The third-order valence-electron chi connectivity index (χ3n) is 2.85. The molecule has 0 fully saturated rings. The Kier molecular flexibility index (Phi) is 4.11. The normalized spacial score (nSPS) is 12.8. The van der Waals surface area contributed by atoms with Crippen LogP contribution in [0.25, 0.3) is 0 Å². The topological polar surface area (TPSA) is 99.0 Å². The van der Waals surface area contributed by atoms with Crippen molar-refractivity contribution >= 4 is 11.7 Å². The molecule has 1 rings (SSSR count). The molecule has 0 aliphatic heterocycles. The highest BCUT2D eigenvalue weighted by molar-refractivity contribution is 5.98. The summed E-state index contributed by atoms with van der Waals surface area (Å²) in [6.45, 7) is 6.38. The van der Waals surface area contributed by atoms with Crippen molar-refractivity contribution in [3.8, 4) is 0 Å². The number of primary amides is 1. The maximum atomic E-state index is 11.4. The van der Waals surface area contributed by atoms with Crippen molar-refractivity contribution in [1.82, 2.24) is 9.78 Å². The van der Waals surface area contributed by atoms with Crippen LogP contribution >= 0.6 is 0 Å².